The summed E-state index contributed by atoms with van der Waals surface area (Å²) in [5.74, 6) is -0.236. The summed E-state index contributed by atoms with van der Waals surface area (Å²) in [5.41, 5.74) is 7.84. The molecular formula is C12H16FN. The summed E-state index contributed by atoms with van der Waals surface area (Å²) in [6.45, 7) is 5.93. The van der Waals surface area contributed by atoms with Gasteiger partial charge in [0.1, 0.15) is 5.82 Å². The monoisotopic (exact) mass is 193 g/mol. The van der Waals surface area contributed by atoms with Crippen molar-refractivity contribution in [2.75, 3.05) is 0 Å². The molecule has 1 rings (SSSR count). The van der Waals surface area contributed by atoms with Crippen LogP contribution in [-0.4, -0.2) is 0 Å². The van der Waals surface area contributed by atoms with Gasteiger partial charge in [0.25, 0.3) is 0 Å². The summed E-state index contributed by atoms with van der Waals surface area (Å²) in [6.07, 6.45) is 1.64. The summed E-state index contributed by atoms with van der Waals surface area (Å²) in [5, 5.41) is 0. The van der Waals surface area contributed by atoms with Gasteiger partial charge in [0.2, 0.25) is 0 Å². The van der Waals surface area contributed by atoms with Crippen LogP contribution in [-0.2, 0) is 0 Å². The number of benzene rings is 1. The molecule has 0 aliphatic rings. The van der Waals surface area contributed by atoms with E-state index in [1.807, 2.05) is 13.0 Å². The predicted molar refractivity (Wildman–Crippen MR) is 57.4 cm³/mol. The van der Waals surface area contributed by atoms with E-state index in [1.165, 1.54) is 12.1 Å². The van der Waals surface area contributed by atoms with Crippen LogP contribution in [0, 0.1) is 5.82 Å². The van der Waals surface area contributed by atoms with Gasteiger partial charge in [0, 0.05) is 6.04 Å². The fraction of sp³-hybridized carbons (Fsp3) is 0.333. The van der Waals surface area contributed by atoms with Gasteiger partial charge >= 0.3 is 0 Å². The number of hydrogen-bond donors (Lipinski definition) is 1. The lowest BCUT2D eigenvalue weighted by Gasteiger charge is -2.12. The molecule has 0 aliphatic heterocycles. The van der Waals surface area contributed by atoms with Crippen LogP contribution in [0.3, 0.4) is 0 Å². The van der Waals surface area contributed by atoms with E-state index < -0.39 is 0 Å². The average Bonchev–Trinajstić information content (AvgIpc) is 2.17. The Bertz CT molecular complexity index is 320. The third kappa shape index (κ3) is 2.96. The first kappa shape index (κ1) is 10.9. The summed E-state index contributed by atoms with van der Waals surface area (Å²) in [4.78, 5) is 0. The average molecular weight is 193 g/mol. The lowest BCUT2D eigenvalue weighted by atomic mass is 9.99. The Morgan fingerprint density at radius 2 is 2.29 bits per heavy atom. The Labute approximate surface area is 84.4 Å². The Balaban J connectivity index is 2.69. The van der Waals surface area contributed by atoms with Gasteiger partial charge in [-0.15, -0.1) is 0 Å². The first-order valence-corrected chi connectivity index (χ1v) is 4.81. The molecule has 14 heavy (non-hydrogen) atoms. The highest BCUT2D eigenvalue weighted by Gasteiger charge is 2.07. The number of halogens is 1. The lowest BCUT2D eigenvalue weighted by Crippen LogP contribution is -2.10. The minimum atomic E-state index is -0.236. The maximum atomic E-state index is 12.9. The van der Waals surface area contributed by atoms with Crippen molar-refractivity contribution in [3.63, 3.8) is 0 Å². The van der Waals surface area contributed by atoms with Crippen LogP contribution < -0.4 is 5.73 Å². The van der Waals surface area contributed by atoms with Crippen LogP contribution in [0.25, 0.3) is 0 Å². The SMILES string of the molecule is C=C(CC)CC(N)c1cccc(F)c1. The van der Waals surface area contributed by atoms with Crippen molar-refractivity contribution in [2.45, 2.75) is 25.8 Å². The molecule has 0 amide bonds. The second kappa shape index (κ2) is 4.91. The molecule has 0 radical (unpaired) electrons. The second-order valence-corrected chi connectivity index (χ2v) is 3.47. The maximum Gasteiger partial charge on any atom is 0.123 e. The Kier molecular flexibility index (Phi) is 3.84. The van der Waals surface area contributed by atoms with E-state index in [1.54, 1.807) is 6.07 Å². The van der Waals surface area contributed by atoms with Gasteiger partial charge in [-0.1, -0.05) is 31.2 Å². The fourth-order valence-electron chi connectivity index (χ4n) is 1.31. The largest absolute Gasteiger partial charge is 0.324 e. The Morgan fingerprint density at radius 1 is 1.57 bits per heavy atom. The molecular weight excluding hydrogens is 177 g/mol. The minimum absolute atomic E-state index is 0.141. The molecule has 2 heteroatoms. The van der Waals surface area contributed by atoms with Crippen LogP contribution in [0.15, 0.2) is 36.4 Å². The zero-order chi connectivity index (χ0) is 10.6. The van der Waals surface area contributed by atoms with Gasteiger partial charge < -0.3 is 5.73 Å². The third-order valence-corrected chi connectivity index (χ3v) is 2.29. The topological polar surface area (TPSA) is 26.0 Å². The zero-order valence-electron chi connectivity index (χ0n) is 8.46. The van der Waals surface area contributed by atoms with E-state index in [4.69, 9.17) is 5.73 Å². The van der Waals surface area contributed by atoms with Gasteiger partial charge in [0.15, 0.2) is 0 Å². The minimum Gasteiger partial charge on any atom is -0.324 e. The van der Waals surface area contributed by atoms with E-state index >= 15 is 0 Å². The molecule has 1 aromatic carbocycles. The number of hydrogen-bond acceptors (Lipinski definition) is 1. The summed E-state index contributed by atoms with van der Waals surface area (Å²) in [6, 6.07) is 6.28. The number of rotatable bonds is 4. The van der Waals surface area contributed by atoms with Crippen molar-refractivity contribution in [1.29, 1.82) is 0 Å². The molecule has 0 saturated heterocycles. The van der Waals surface area contributed by atoms with Crippen molar-refractivity contribution < 1.29 is 4.39 Å². The van der Waals surface area contributed by atoms with E-state index in [2.05, 4.69) is 6.58 Å². The lowest BCUT2D eigenvalue weighted by molar-refractivity contribution is 0.617. The fourth-order valence-corrected chi connectivity index (χ4v) is 1.31. The van der Waals surface area contributed by atoms with Crippen molar-refractivity contribution in [1.82, 2.24) is 0 Å². The number of nitrogens with two attached hydrogens (primary N) is 1. The van der Waals surface area contributed by atoms with Gasteiger partial charge in [0.05, 0.1) is 0 Å². The van der Waals surface area contributed by atoms with E-state index in [9.17, 15) is 4.39 Å². The van der Waals surface area contributed by atoms with E-state index in [0.717, 1.165) is 24.0 Å². The molecule has 0 bridgehead atoms. The molecule has 0 aromatic heterocycles. The molecule has 0 aliphatic carbocycles. The van der Waals surface area contributed by atoms with Gasteiger partial charge in [-0.2, -0.15) is 0 Å². The first-order chi connectivity index (χ1) is 6.63. The standard InChI is InChI=1S/C12H16FN/c1-3-9(2)7-12(14)10-5-4-6-11(13)8-10/h4-6,8,12H,2-3,7,14H2,1H3. The molecule has 2 N–H and O–H groups in total. The Morgan fingerprint density at radius 3 is 2.86 bits per heavy atom. The molecule has 0 fully saturated rings. The molecule has 0 spiro atoms. The summed E-state index contributed by atoms with van der Waals surface area (Å²) < 4.78 is 12.9. The predicted octanol–water partition coefficient (Wildman–Crippen LogP) is 3.18. The van der Waals surface area contributed by atoms with Crippen LogP contribution in [0.1, 0.15) is 31.4 Å². The molecule has 1 aromatic rings. The van der Waals surface area contributed by atoms with Crippen molar-refractivity contribution in [2.24, 2.45) is 5.73 Å². The molecule has 0 heterocycles. The third-order valence-electron chi connectivity index (χ3n) is 2.29. The van der Waals surface area contributed by atoms with Crippen molar-refractivity contribution in [3.8, 4) is 0 Å². The molecule has 76 valence electrons. The molecule has 1 nitrogen and oxygen atoms in total. The first-order valence-electron chi connectivity index (χ1n) is 4.81. The van der Waals surface area contributed by atoms with Crippen molar-refractivity contribution >= 4 is 0 Å². The molecule has 0 saturated carbocycles. The highest BCUT2D eigenvalue weighted by atomic mass is 19.1. The van der Waals surface area contributed by atoms with Gasteiger partial charge in [-0.3, -0.25) is 0 Å². The highest BCUT2D eigenvalue weighted by molar-refractivity contribution is 5.21. The van der Waals surface area contributed by atoms with Crippen LogP contribution in [0.5, 0.6) is 0 Å². The molecule has 1 atom stereocenters. The van der Waals surface area contributed by atoms with E-state index in [0.29, 0.717) is 0 Å². The second-order valence-electron chi connectivity index (χ2n) is 3.47. The normalized spacial score (nSPS) is 12.5. The van der Waals surface area contributed by atoms with Crippen molar-refractivity contribution in [3.05, 3.63) is 47.8 Å². The van der Waals surface area contributed by atoms with Crippen LogP contribution >= 0.6 is 0 Å². The maximum absolute atomic E-state index is 12.9. The van der Waals surface area contributed by atoms with E-state index in [-0.39, 0.29) is 11.9 Å². The highest BCUT2D eigenvalue weighted by Crippen LogP contribution is 2.19. The van der Waals surface area contributed by atoms with Gasteiger partial charge in [-0.25, -0.2) is 4.39 Å². The summed E-state index contributed by atoms with van der Waals surface area (Å²) >= 11 is 0. The van der Waals surface area contributed by atoms with Crippen LogP contribution in [0.4, 0.5) is 4.39 Å². The smallest absolute Gasteiger partial charge is 0.123 e. The van der Waals surface area contributed by atoms with Gasteiger partial charge in [-0.05, 0) is 30.5 Å². The molecule has 1 unspecified atom stereocenters. The zero-order valence-corrected chi connectivity index (χ0v) is 8.46. The summed E-state index contributed by atoms with van der Waals surface area (Å²) in [7, 11) is 0. The quantitative estimate of drug-likeness (QED) is 0.730. The van der Waals surface area contributed by atoms with Crippen LogP contribution in [0.2, 0.25) is 0 Å². The Hall–Kier alpha value is -1.15.